The molecule has 0 saturated heterocycles. The third-order valence-electron chi connectivity index (χ3n) is 3.24. The van der Waals surface area contributed by atoms with Crippen molar-refractivity contribution in [2.45, 2.75) is 38.3 Å². The number of halogens is 1. The van der Waals surface area contributed by atoms with E-state index in [-0.39, 0.29) is 24.9 Å². The van der Waals surface area contributed by atoms with Crippen LogP contribution in [0.1, 0.15) is 38.4 Å². The van der Waals surface area contributed by atoms with Crippen LogP contribution < -0.4 is 15.8 Å². The zero-order chi connectivity index (χ0) is 15.2. The number of rotatable bonds is 7. The first-order valence-electron chi connectivity index (χ1n) is 6.80. The zero-order valence-electron chi connectivity index (χ0n) is 12.8. The van der Waals surface area contributed by atoms with Crippen molar-refractivity contribution >= 4 is 18.3 Å². The summed E-state index contributed by atoms with van der Waals surface area (Å²) in [5.74, 6) is 0.481. The van der Waals surface area contributed by atoms with Crippen molar-refractivity contribution in [2.24, 2.45) is 5.73 Å². The number of aliphatic hydroxyl groups is 1. The minimum absolute atomic E-state index is 0. The lowest BCUT2D eigenvalue weighted by atomic mass is 9.96. The molecule has 0 heterocycles. The van der Waals surface area contributed by atoms with E-state index in [0.29, 0.717) is 6.42 Å². The molecule has 2 atom stereocenters. The fourth-order valence-corrected chi connectivity index (χ4v) is 1.97. The Morgan fingerprint density at radius 2 is 2.00 bits per heavy atom. The molecule has 0 aliphatic rings. The number of carbonyl (C=O) groups excluding carboxylic acids is 1. The van der Waals surface area contributed by atoms with E-state index in [0.717, 1.165) is 17.7 Å². The number of amides is 1. The smallest absolute Gasteiger partial charge is 0.239 e. The quantitative estimate of drug-likeness (QED) is 0.716. The minimum atomic E-state index is -0.894. The van der Waals surface area contributed by atoms with E-state index >= 15 is 0 Å². The van der Waals surface area contributed by atoms with Gasteiger partial charge in [-0.15, -0.1) is 12.4 Å². The van der Waals surface area contributed by atoms with Crippen LogP contribution in [-0.4, -0.2) is 30.2 Å². The average molecular weight is 317 g/mol. The van der Waals surface area contributed by atoms with Gasteiger partial charge in [0.2, 0.25) is 5.91 Å². The van der Waals surface area contributed by atoms with Crippen LogP contribution in [0.15, 0.2) is 24.3 Å². The molecule has 1 aromatic carbocycles. The lowest BCUT2D eigenvalue weighted by Gasteiger charge is -2.23. The van der Waals surface area contributed by atoms with Gasteiger partial charge in [-0.2, -0.15) is 0 Å². The van der Waals surface area contributed by atoms with Gasteiger partial charge in [-0.25, -0.2) is 0 Å². The van der Waals surface area contributed by atoms with Crippen molar-refractivity contribution in [2.75, 3.05) is 13.7 Å². The van der Waals surface area contributed by atoms with E-state index < -0.39 is 11.6 Å². The topological polar surface area (TPSA) is 84.6 Å². The van der Waals surface area contributed by atoms with Crippen LogP contribution in [0.3, 0.4) is 0 Å². The van der Waals surface area contributed by atoms with Gasteiger partial charge in [-0.1, -0.05) is 25.5 Å². The van der Waals surface area contributed by atoms with Crippen LogP contribution in [0, 0.1) is 0 Å². The van der Waals surface area contributed by atoms with Gasteiger partial charge in [0, 0.05) is 6.54 Å². The summed E-state index contributed by atoms with van der Waals surface area (Å²) in [7, 11) is 1.58. The zero-order valence-corrected chi connectivity index (χ0v) is 13.6. The Labute approximate surface area is 132 Å². The molecule has 1 aromatic rings. The first-order chi connectivity index (χ1) is 9.40. The normalized spacial score (nSPS) is 14.5. The second-order valence-electron chi connectivity index (χ2n) is 5.17. The van der Waals surface area contributed by atoms with Gasteiger partial charge in [0.05, 0.1) is 18.8 Å². The highest BCUT2D eigenvalue weighted by Crippen LogP contribution is 2.17. The summed E-state index contributed by atoms with van der Waals surface area (Å²) in [5.41, 5.74) is 5.75. The third kappa shape index (κ3) is 5.91. The van der Waals surface area contributed by atoms with Crippen molar-refractivity contribution in [3.8, 4) is 5.75 Å². The summed E-state index contributed by atoms with van der Waals surface area (Å²) in [6.45, 7) is 3.82. The second-order valence-corrected chi connectivity index (χ2v) is 5.17. The van der Waals surface area contributed by atoms with E-state index in [9.17, 15) is 9.90 Å². The lowest BCUT2D eigenvalue weighted by Crippen LogP contribution is -2.52. The van der Waals surface area contributed by atoms with Crippen molar-refractivity contribution in [3.05, 3.63) is 29.8 Å². The molecule has 0 saturated carbocycles. The maximum atomic E-state index is 11.9. The van der Waals surface area contributed by atoms with Gasteiger partial charge in [-0.05, 0) is 31.0 Å². The van der Waals surface area contributed by atoms with Gasteiger partial charge >= 0.3 is 0 Å². The Kier molecular flexibility index (Phi) is 8.32. The molecule has 0 aromatic heterocycles. The van der Waals surface area contributed by atoms with E-state index in [1.165, 1.54) is 0 Å². The molecule has 0 radical (unpaired) electrons. The number of ether oxygens (including phenoxy) is 1. The molecule has 6 heteroatoms. The van der Waals surface area contributed by atoms with Gasteiger partial charge in [0.1, 0.15) is 5.75 Å². The Morgan fingerprint density at radius 1 is 1.43 bits per heavy atom. The highest BCUT2D eigenvalue weighted by atomic mass is 35.5. The van der Waals surface area contributed by atoms with Gasteiger partial charge in [0.25, 0.3) is 0 Å². The molecule has 0 aliphatic heterocycles. The number of hydrogen-bond acceptors (Lipinski definition) is 4. The minimum Gasteiger partial charge on any atom is -0.497 e. The fourth-order valence-electron chi connectivity index (χ4n) is 1.97. The number of carbonyl (C=O) groups is 1. The molecule has 120 valence electrons. The standard InChI is InChI=1S/C15H24N2O3.ClH/c1-4-9-15(2,16)14(19)17-10-13(18)11-5-7-12(20-3)8-6-11;/h5-8,13,18H,4,9-10,16H2,1-3H3,(H,17,19);1H. The van der Waals surface area contributed by atoms with E-state index in [1.54, 1.807) is 38.3 Å². The van der Waals surface area contributed by atoms with Gasteiger partial charge in [0.15, 0.2) is 0 Å². The summed E-state index contributed by atoms with van der Waals surface area (Å²) in [6.07, 6.45) is 0.682. The predicted octanol–water partition coefficient (Wildman–Crippen LogP) is 1.78. The molecule has 4 N–H and O–H groups in total. The number of nitrogens with one attached hydrogen (secondary N) is 1. The summed E-state index contributed by atoms with van der Waals surface area (Å²) in [5, 5.41) is 12.7. The van der Waals surface area contributed by atoms with Crippen molar-refractivity contribution < 1.29 is 14.6 Å². The number of aliphatic hydroxyl groups excluding tert-OH is 1. The molecule has 0 bridgehead atoms. The molecular formula is C15H25ClN2O3. The van der Waals surface area contributed by atoms with E-state index in [4.69, 9.17) is 10.5 Å². The highest BCUT2D eigenvalue weighted by Gasteiger charge is 2.27. The number of benzene rings is 1. The molecule has 0 fully saturated rings. The third-order valence-corrected chi connectivity index (χ3v) is 3.24. The van der Waals surface area contributed by atoms with Crippen molar-refractivity contribution in [1.29, 1.82) is 0 Å². The van der Waals surface area contributed by atoms with Crippen LogP contribution >= 0.6 is 12.4 Å². The van der Waals surface area contributed by atoms with Crippen LogP contribution in [-0.2, 0) is 4.79 Å². The number of methoxy groups -OCH3 is 1. The Bertz CT molecular complexity index is 435. The summed E-state index contributed by atoms with van der Waals surface area (Å²) < 4.78 is 5.05. The molecular weight excluding hydrogens is 292 g/mol. The predicted molar refractivity (Wildman–Crippen MR) is 85.7 cm³/mol. The Balaban J connectivity index is 0.00000400. The largest absolute Gasteiger partial charge is 0.497 e. The average Bonchev–Trinajstić information content (AvgIpc) is 2.44. The van der Waals surface area contributed by atoms with Gasteiger partial charge < -0.3 is 20.9 Å². The second kappa shape index (κ2) is 8.87. The van der Waals surface area contributed by atoms with Crippen LogP contribution in [0.2, 0.25) is 0 Å². The van der Waals surface area contributed by atoms with E-state index in [1.807, 2.05) is 6.92 Å². The maximum absolute atomic E-state index is 11.9. The van der Waals surface area contributed by atoms with Crippen LogP contribution in [0.5, 0.6) is 5.75 Å². The SMILES string of the molecule is CCCC(C)(N)C(=O)NCC(O)c1ccc(OC)cc1.Cl. The first-order valence-corrected chi connectivity index (χ1v) is 6.80. The van der Waals surface area contributed by atoms with Gasteiger partial charge in [-0.3, -0.25) is 4.79 Å². The molecule has 2 unspecified atom stereocenters. The molecule has 5 nitrogen and oxygen atoms in total. The Hall–Kier alpha value is -1.30. The molecule has 21 heavy (non-hydrogen) atoms. The number of nitrogens with two attached hydrogens (primary N) is 1. The molecule has 0 spiro atoms. The maximum Gasteiger partial charge on any atom is 0.239 e. The Morgan fingerprint density at radius 3 is 2.48 bits per heavy atom. The molecule has 0 aliphatic carbocycles. The first kappa shape index (κ1) is 19.7. The molecule has 1 amide bonds. The van der Waals surface area contributed by atoms with E-state index in [2.05, 4.69) is 5.32 Å². The van der Waals surface area contributed by atoms with Crippen LogP contribution in [0.4, 0.5) is 0 Å². The highest BCUT2D eigenvalue weighted by molar-refractivity contribution is 5.85. The number of hydrogen-bond donors (Lipinski definition) is 3. The lowest BCUT2D eigenvalue weighted by molar-refractivity contribution is -0.126. The van der Waals surface area contributed by atoms with Crippen molar-refractivity contribution in [1.82, 2.24) is 5.32 Å². The summed E-state index contributed by atoms with van der Waals surface area (Å²) in [6, 6.07) is 7.07. The van der Waals surface area contributed by atoms with Crippen molar-refractivity contribution in [3.63, 3.8) is 0 Å². The summed E-state index contributed by atoms with van der Waals surface area (Å²) >= 11 is 0. The monoisotopic (exact) mass is 316 g/mol. The fraction of sp³-hybridized carbons (Fsp3) is 0.533. The summed E-state index contributed by atoms with van der Waals surface area (Å²) in [4.78, 5) is 11.9. The van der Waals surface area contributed by atoms with Crippen LogP contribution in [0.25, 0.3) is 0 Å². The molecule has 1 rings (SSSR count).